The standard InChI is InChI=1S/C10H17NO5/c1-7(12)5-11-9(14)16-6-15-8(13)10(2,3)4/h5-6H2,1-4H3,(H,11,14). The first-order valence-electron chi connectivity index (χ1n) is 4.81. The normalized spacial score (nSPS) is 10.5. The van der Waals surface area contributed by atoms with Gasteiger partial charge in [0.15, 0.2) is 0 Å². The number of alkyl carbamates (subject to hydrolysis) is 1. The van der Waals surface area contributed by atoms with E-state index in [1.807, 2.05) is 0 Å². The summed E-state index contributed by atoms with van der Waals surface area (Å²) in [6.45, 7) is 5.83. The largest absolute Gasteiger partial charge is 0.427 e. The minimum atomic E-state index is -0.795. The fraction of sp³-hybridized carbons (Fsp3) is 0.700. The number of nitrogens with one attached hydrogen (secondary N) is 1. The van der Waals surface area contributed by atoms with Gasteiger partial charge in [-0.3, -0.25) is 9.59 Å². The molecular weight excluding hydrogens is 214 g/mol. The molecule has 0 aromatic carbocycles. The zero-order chi connectivity index (χ0) is 12.8. The lowest BCUT2D eigenvalue weighted by molar-refractivity contribution is -0.161. The number of amides is 1. The lowest BCUT2D eigenvalue weighted by atomic mass is 9.98. The number of ether oxygens (including phenoxy) is 2. The molecule has 0 aromatic rings. The molecule has 6 heteroatoms. The van der Waals surface area contributed by atoms with Crippen LogP contribution < -0.4 is 5.32 Å². The zero-order valence-corrected chi connectivity index (χ0v) is 9.96. The predicted octanol–water partition coefficient (Wildman–Crippen LogP) is 0.848. The minimum Gasteiger partial charge on any atom is -0.427 e. The van der Waals surface area contributed by atoms with Crippen molar-refractivity contribution in [3.05, 3.63) is 0 Å². The average Bonchev–Trinajstić information content (AvgIpc) is 2.13. The molecule has 6 nitrogen and oxygen atoms in total. The summed E-state index contributed by atoms with van der Waals surface area (Å²) in [4.78, 5) is 32.6. The number of hydrogen-bond acceptors (Lipinski definition) is 5. The summed E-state index contributed by atoms with van der Waals surface area (Å²) < 4.78 is 9.19. The van der Waals surface area contributed by atoms with Crippen LogP contribution in [-0.4, -0.2) is 31.2 Å². The first-order chi connectivity index (χ1) is 7.23. The van der Waals surface area contributed by atoms with Crippen molar-refractivity contribution in [3.63, 3.8) is 0 Å². The van der Waals surface area contributed by atoms with Gasteiger partial charge in [0.2, 0.25) is 6.79 Å². The molecule has 1 N–H and O–H groups in total. The van der Waals surface area contributed by atoms with Crippen LogP contribution in [0.2, 0.25) is 0 Å². The SMILES string of the molecule is CC(=O)CNC(=O)OCOC(=O)C(C)(C)C. The van der Waals surface area contributed by atoms with E-state index >= 15 is 0 Å². The molecule has 0 aliphatic heterocycles. The Morgan fingerprint density at radius 3 is 2.12 bits per heavy atom. The van der Waals surface area contributed by atoms with Crippen molar-refractivity contribution in [1.29, 1.82) is 0 Å². The molecule has 0 spiro atoms. The summed E-state index contributed by atoms with van der Waals surface area (Å²) in [6.07, 6.45) is -0.795. The highest BCUT2D eigenvalue weighted by molar-refractivity contribution is 5.81. The molecule has 0 aliphatic carbocycles. The van der Waals surface area contributed by atoms with Gasteiger partial charge in [0.25, 0.3) is 0 Å². The zero-order valence-electron chi connectivity index (χ0n) is 9.96. The lowest BCUT2D eigenvalue weighted by Gasteiger charge is -2.16. The first-order valence-corrected chi connectivity index (χ1v) is 4.81. The van der Waals surface area contributed by atoms with Crippen molar-refractivity contribution in [2.45, 2.75) is 27.7 Å². The van der Waals surface area contributed by atoms with Crippen molar-refractivity contribution < 1.29 is 23.9 Å². The number of Topliss-reactive ketones (excluding diaryl/α,β-unsaturated/α-hetero) is 1. The molecule has 0 saturated heterocycles. The summed E-state index contributed by atoms with van der Waals surface area (Å²) in [6, 6.07) is 0. The molecule has 0 atom stereocenters. The van der Waals surface area contributed by atoms with Gasteiger partial charge < -0.3 is 14.8 Å². The van der Waals surface area contributed by atoms with E-state index < -0.39 is 24.3 Å². The fourth-order valence-electron chi connectivity index (χ4n) is 0.601. The minimum absolute atomic E-state index is 0.105. The first kappa shape index (κ1) is 14.4. The molecular formula is C10H17NO5. The molecule has 0 heterocycles. The van der Waals surface area contributed by atoms with Crippen LogP contribution in [0.3, 0.4) is 0 Å². The molecule has 16 heavy (non-hydrogen) atoms. The molecule has 0 aliphatic rings. The summed E-state index contributed by atoms with van der Waals surface area (Å²) in [7, 11) is 0. The Morgan fingerprint density at radius 1 is 1.12 bits per heavy atom. The van der Waals surface area contributed by atoms with Crippen LogP contribution in [-0.2, 0) is 19.1 Å². The van der Waals surface area contributed by atoms with Crippen LogP contribution in [0.5, 0.6) is 0 Å². The number of carbonyl (C=O) groups is 3. The average molecular weight is 231 g/mol. The highest BCUT2D eigenvalue weighted by Crippen LogP contribution is 2.14. The highest BCUT2D eigenvalue weighted by atomic mass is 16.7. The Kier molecular flexibility index (Phi) is 5.49. The van der Waals surface area contributed by atoms with Gasteiger partial charge in [-0.05, 0) is 27.7 Å². The van der Waals surface area contributed by atoms with Crippen LogP contribution in [0.15, 0.2) is 0 Å². The second-order valence-corrected chi connectivity index (χ2v) is 4.29. The van der Waals surface area contributed by atoms with Gasteiger partial charge in [-0.2, -0.15) is 0 Å². The maximum Gasteiger partial charge on any atom is 0.410 e. The van der Waals surface area contributed by atoms with Crippen LogP contribution in [0, 0.1) is 5.41 Å². The molecule has 0 saturated carbocycles. The topological polar surface area (TPSA) is 81.7 Å². The van der Waals surface area contributed by atoms with Crippen LogP contribution in [0.4, 0.5) is 4.79 Å². The summed E-state index contributed by atoms with van der Waals surface area (Å²) in [5, 5.41) is 2.19. The Morgan fingerprint density at radius 2 is 1.69 bits per heavy atom. The lowest BCUT2D eigenvalue weighted by Crippen LogP contribution is -2.31. The molecule has 0 bridgehead atoms. The Hall–Kier alpha value is -1.59. The Balaban J connectivity index is 3.71. The third-order valence-corrected chi connectivity index (χ3v) is 1.47. The van der Waals surface area contributed by atoms with Gasteiger partial charge in [0, 0.05) is 0 Å². The number of carbonyl (C=O) groups excluding carboxylic acids is 3. The molecule has 0 fully saturated rings. The van der Waals surface area contributed by atoms with Crippen molar-refractivity contribution in [2.24, 2.45) is 5.41 Å². The van der Waals surface area contributed by atoms with E-state index in [1.165, 1.54) is 6.92 Å². The van der Waals surface area contributed by atoms with Gasteiger partial charge in [0.05, 0.1) is 12.0 Å². The van der Waals surface area contributed by atoms with Crippen molar-refractivity contribution in [3.8, 4) is 0 Å². The monoisotopic (exact) mass is 231 g/mol. The van der Waals surface area contributed by atoms with E-state index in [0.717, 1.165) is 0 Å². The van der Waals surface area contributed by atoms with E-state index in [4.69, 9.17) is 0 Å². The van der Waals surface area contributed by atoms with Gasteiger partial charge in [0.1, 0.15) is 5.78 Å². The molecule has 1 amide bonds. The quantitative estimate of drug-likeness (QED) is 0.573. The van der Waals surface area contributed by atoms with E-state index in [9.17, 15) is 14.4 Å². The van der Waals surface area contributed by atoms with Crippen molar-refractivity contribution >= 4 is 17.8 Å². The smallest absolute Gasteiger partial charge is 0.410 e. The maximum atomic E-state index is 11.2. The number of rotatable bonds is 4. The fourth-order valence-corrected chi connectivity index (χ4v) is 0.601. The maximum absolute atomic E-state index is 11.2. The molecule has 0 radical (unpaired) electrons. The summed E-state index contributed by atoms with van der Waals surface area (Å²) in [5.74, 6) is -0.657. The second-order valence-electron chi connectivity index (χ2n) is 4.29. The van der Waals surface area contributed by atoms with E-state index in [-0.39, 0.29) is 12.3 Å². The number of esters is 1. The highest BCUT2D eigenvalue weighted by Gasteiger charge is 2.23. The third kappa shape index (κ3) is 6.80. The molecule has 92 valence electrons. The van der Waals surface area contributed by atoms with E-state index in [2.05, 4.69) is 14.8 Å². The Labute approximate surface area is 94.3 Å². The third-order valence-electron chi connectivity index (χ3n) is 1.47. The van der Waals surface area contributed by atoms with Gasteiger partial charge in [-0.15, -0.1) is 0 Å². The molecule has 0 rings (SSSR count). The van der Waals surface area contributed by atoms with Crippen LogP contribution in [0.25, 0.3) is 0 Å². The number of hydrogen-bond donors (Lipinski definition) is 1. The Bertz CT molecular complexity index is 279. The molecule has 0 unspecified atom stereocenters. The summed E-state index contributed by atoms with van der Waals surface area (Å²) >= 11 is 0. The van der Waals surface area contributed by atoms with Crippen molar-refractivity contribution in [1.82, 2.24) is 5.32 Å². The van der Waals surface area contributed by atoms with Crippen molar-refractivity contribution in [2.75, 3.05) is 13.3 Å². The van der Waals surface area contributed by atoms with Crippen LogP contribution >= 0.6 is 0 Å². The van der Waals surface area contributed by atoms with E-state index in [1.54, 1.807) is 20.8 Å². The number of ketones is 1. The van der Waals surface area contributed by atoms with Gasteiger partial charge in [-0.1, -0.05) is 0 Å². The van der Waals surface area contributed by atoms with E-state index in [0.29, 0.717) is 0 Å². The van der Waals surface area contributed by atoms with Gasteiger partial charge in [-0.25, -0.2) is 4.79 Å². The predicted molar refractivity (Wildman–Crippen MR) is 55.6 cm³/mol. The summed E-state index contributed by atoms with van der Waals surface area (Å²) in [5.41, 5.74) is -0.640. The molecule has 0 aromatic heterocycles. The van der Waals surface area contributed by atoms with Gasteiger partial charge >= 0.3 is 12.1 Å². The second kappa shape index (κ2) is 6.09. The van der Waals surface area contributed by atoms with Crippen LogP contribution in [0.1, 0.15) is 27.7 Å².